The molecule has 1 aliphatic heterocycles. The highest BCUT2D eigenvalue weighted by atomic mass is 35.5. The Kier molecular flexibility index (Phi) is 6.16. The van der Waals surface area contributed by atoms with E-state index in [4.69, 9.17) is 11.6 Å². The van der Waals surface area contributed by atoms with Gasteiger partial charge in [-0.2, -0.15) is 0 Å². The van der Waals surface area contributed by atoms with Gasteiger partial charge in [0.05, 0.1) is 0 Å². The van der Waals surface area contributed by atoms with Crippen molar-refractivity contribution in [2.75, 3.05) is 19.6 Å². The van der Waals surface area contributed by atoms with Gasteiger partial charge in [0.1, 0.15) is 0 Å². The first-order valence-corrected chi connectivity index (χ1v) is 7.64. The lowest BCUT2D eigenvalue weighted by Crippen LogP contribution is -2.64. The molecule has 3 atom stereocenters. The average molecular weight is 273 g/mol. The molecular formula is C15H29ClN2. The highest BCUT2D eigenvalue weighted by Gasteiger charge is 2.37. The van der Waals surface area contributed by atoms with Crippen LogP contribution in [0.5, 0.6) is 0 Å². The second kappa shape index (κ2) is 6.93. The van der Waals surface area contributed by atoms with Crippen molar-refractivity contribution >= 4 is 11.6 Å². The number of nitrogens with one attached hydrogen (secondary N) is 1. The zero-order chi connectivity index (χ0) is 13.8. The lowest BCUT2D eigenvalue weighted by Gasteiger charge is -2.49. The summed E-state index contributed by atoms with van der Waals surface area (Å²) in [7, 11) is 0. The average Bonchev–Trinajstić information content (AvgIpc) is 2.40. The molecule has 1 aliphatic rings. The van der Waals surface area contributed by atoms with Crippen LogP contribution in [-0.4, -0.2) is 36.1 Å². The molecule has 0 amide bonds. The van der Waals surface area contributed by atoms with Crippen molar-refractivity contribution in [1.29, 1.82) is 0 Å². The Morgan fingerprint density at radius 1 is 1.56 bits per heavy atom. The maximum absolute atomic E-state index is 5.83. The molecule has 0 aromatic rings. The minimum atomic E-state index is 0.255. The molecule has 106 valence electrons. The summed E-state index contributed by atoms with van der Waals surface area (Å²) in [6, 6.07) is 0.609. The lowest BCUT2D eigenvalue weighted by atomic mass is 9.87. The maximum Gasteiger partial charge on any atom is 0.0307 e. The number of hydrogen-bond acceptors (Lipinski definition) is 2. The molecule has 1 rings (SSSR count). The van der Waals surface area contributed by atoms with Crippen LogP contribution >= 0.6 is 11.6 Å². The molecular weight excluding hydrogens is 244 g/mol. The summed E-state index contributed by atoms with van der Waals surface area (Å²) in [6.07, 6.45) is 2.40. The smallest absolute Gasteiger partial charge is 0.0307 e. The van der Waals surface area contributed by atoms with E-state index in [1.54, 1.807) is 5.54 Å². The first-order valence-electron chi connectivity index (χ1n) is 7.21. The van der Waals surface area contributed by atoms with Crippen LogP contribution in [0.1, 0.15) is 47.5 Å². The van der Waals surface area contributed by atoms with Crippen LogP contribution in [-0.2, 0) is 0 Å². The van der Waals surface area contributed by atoms with Crippen molar-refractivity contribution in [3.05, 3.63) is 11.1 Å². The van der Waals surface area contributed by atoms with E-state index in [1.165, 1.54) is 18.4 Å². The Morgan fingerprint density at radius 3 is 2.72 bits per heavy atom. The summed E-state index contributed by atoms with van der Waals surface area (Å²) in [6.45, 7) is 14.6. The first-order chi connectivity index (χ1) is 8.46. The zero-order valence-electron chi connectivity index (χ0n) is 12.6. The number of rotatable bonds is 5. The first kappa shape index (κ1) is 16.0. The summed E-state index contributed by atoms with van der Waals surface area (Å²) >= 11 is 5.83. The van der Waals surface area contributed by atoms with E-state index in [0.29, 0.717) is 6.04 Å². The zero-order valence-corrected chi connectivity index (χ0v) is 13.3. The number of halogens is 1. The van der Waals surface area contributed by atoms with Crippen LogP contribution in [0.15, 0.2) is 11.1 Å². The summed E-state index contributed by atoms with van der Waals surface area (Å²) in [4.78, 5) is 2.61. The molecule has 1 heterocycles. The van der Waals surface area contributed by atoms with Gasteiger partial charge >= 0.3 is 0 Å². The predicted octanol–water partition coefficient (Wildman–Crippen LogP) is 3.62. The van der Waals surface area contributed by atoms with Crippen LogP contribution < -0.4 is 5.32 Å². The molecule has 2 nitrogen and oxygen atoms in total. The van der Waals surface area contributed by atoms with Gasteiger partial charge in [-0.25, -0.2) is 0 Å². The number of piperazine rings is 1. The fourth-order valence-electron chi connectivity index (χ4n) is 2.59. The Labute approximate surface area is 118 Å². The third-order valence-corrected chi connectivity index (χ3v) is 5.02. The third-order valence-electron chi connectivity index (χ3n) is 4.64. The Balaban J connectivity index is 2.77. The minimum absolute atomic E-state index is 0.255. The summed E-state index contributed by atoms with van der Waals surface area (Å²) in [5, 5.41) is 3.74. The van der Waals surface area contributed by atoms with Crippen molar-refractivity contribution in [3.8, 4) is 0 Å². The van der Waals surface area contributed by atoms with Gasteiger partial charge in [0, 0.05) is 36.8 Å². The molecule has 0 aromatic carbocycles. The van der Waals surface area contributed by atoms with Gasteiger partial charge in [-0.05, 0) is 31.8 Å². The molecule has 0 spiro atoms. The fraction of sp³-hybridized carbons (Fsp3) is 0.867. The Bertz CT molecular complexity index is 290. The van der Waals surface area contributed by atoms with Gasteiger partial charge < -0.3 is 5.32 Å². The van der Waals surface area contributed by atoms with Gasteiger partial charge in [0.15, 0.2) is 0 Å². The highest BCUT2D eigenvalue weighted by molar-refractivity contribution is 6.25. The Morgan fingerprint density at radius 2 is 2.22 bits per heavy atom. The van der Waals surface area contributed by atoms with E-state index in [-0.39, 0.29) is 5.54 Å². The van der Waals surface area contributed by atoms with Crippen LogP contribution in [0, 0.1) is 5.92 Å². The van der Waals surface area contributed by atoms with Crippen molar-refractivity contribution in [1.82, 2.24) is 10.2 Å². The Hall–Kier alpha value is -0.0500. The van der Waals surface area contributed by atoms with E-state index < -0.39 is 0 Å². The summed E-state index contributed by atoms with van der Waals surface area (Å²) in [5.74, 6) is 0.731. The van der Waals surface area contributed by atoms with Crippen molar-refractivity contribution in [3.63, 3.8) is 0 Å². The molecule has 0 aromatic heterocycles. The van der Waals surface area contributed by atoms with Crippen LogP contribution in [0.25, 0.3) is 0 Å². The summed E-state index contributed by atoms with van der Waals surface area (Å²) in [5.41, 5.74) is 3.22. The second-order valence-corrected chi connectivity index (χ2v) is 6.28. The molecule has 3 heteroatoms. The predicted molar refractivity (Wildman–Crippen MR) is 81.1 cm³/mol. The molecule has 0 saturated carbocycles. The van der Waals surface area contributed by atoms with E-state index in [0.717, 1.165) is 25.6 Å². The quantitative estimate of drug-likeness (QED) is 0.822. The van der Waals surface area contributed by atoms with Crippen molar-refractivity contribution in [2.45, 2.75) is 59.0 Å². The van der Waals surface area contributed by atoms with Gasteiger partial charge in [-0.1, -0.05) is 38.8 Å². The monoisotopic (exact) mass is 272 g/mol. The van der Waals surface area contributed by atoms with Gasteiger partial charge in [-0.15, -0.1) is 0 Å². The summed E-state index contributed by atoms with van der Waals surface area (Å²) < 4.78 is 0. The number of hydrogen-bond donors (Lipinski definition) is 1. The normalized spacial score (nSPS) is 32.6. The van der Waals surface area contributed by atoms with Gasteiger partial charge in [0.25, 0.3) is 0 Å². The molecule has 1 N–H and O–H groups in total. The fourth-order valence-corrected chi connectivity index (χ4v) is 2.66. The van der Waals surface area contributed by atoms with E-state index >= 15 is 0 Å². The minimum Gasteiger partial charge on any atom is -0.311 e. The lowest BCUT2D eigenvalue weighted by molar-refractivity contribution is 0.0446. The van der Waals surface area contributed by atoms with Crippen molar-refractivity contribution in [2.24, 2.45) is 5.92 Å². The molecule has 0 radical (unpaired) electrons. The largest absolute Gasteiger partial charge is 0.311 e. The molecule has 3 unspecified atom stereocenters. The molecule has 0 aliphatic carbocycles. The molecule has 1 saturated heterocycles. The van der Waals surface area contributed by atoms with Crippen molar-refractivity contribution < 1.29 is 0 Å². The standard InChI is InChI=1S/C15H29ClN2/c1-6-13(4)14-10-18(9-12(3)8-16)15(5,7-2)11-17-14/h8,13-14,17H,6-7,9-11H2,1-5H3. The van der Waals surface area contributed by atoms with E-state index in [1.807, 2.05) is 0 Å². The van der Waals surface area contributed by atoms with E-state index in [9.17, 15) is 0 Å². The van der Waals surface area contributed by atoms with Crippen LogP contribution in [0.4, 0.5) is 0 Å². The highest BCUT2D eigenvalue weighted by Crippen LogP contribution is 2.26. The third kappa shape index (κ3) is 3.72. The molecule has 18 heavy (non-hydrogen) atoms. The van der Waals surface area contributed by atoms with Crippen LogP contribution in [0.2, 0.25) is 0 Å². The number of nitrogens with zero attached hydrogens (tertiary/aromatic N) is 1. The molecule has 0 bridgehead atoms. The second-order valence-electron chi connectivity index (χ2n) is 6.06. The topological polar surface area (TPSA) is 15.3 Å². The van der Waals surface area contributed by atoms with Crippen LogP contribution in [0.3, 0.4) is 0 Å². The van der Waals surface area contributed by atoms with Gasteiger partial charge in [0.2, 0.25) is 0 Å². The molecule has 1 fully saturated rings. The van der Waals surface area contributed by atoms with E-state index in [2.05, 4.69) is 44.8 Å². The SMILES string of the molecule is CCC(C)C1CN(CC(C)=CCl)C(C)(CC)CN1. The van der Waals surface area contributed by atoms with Gasteiger partial charge in [-0.3, -0.25) is 4.90 Å². The maximum atomic E-state index is 5.83.